The number of amides is 1. The number of benzene rings is 1. The van der Waals surface area contributed by atoms with E-state index in [2.05, 4.69) is 20.6 Å². The van der Waals surface area contributed by atoms with Crippen LogP contribution in [0.15, 0.2) is 36.8 Å². The van der Waals surface area contributed by atoms with Crippen molar-refractivity contribution in [3.05, 3.63) is 59.4 Å². The third-order valence-corrected chi connectivity index (χ3v) is 5.10. The molecule has 10 heteroatoms. The van der Waals surface area contributed by atoms with Crippen molar-refractivity contribution in [1.82, 2.24) is 29.9 Å². The fourth-order valence-electron chi connectivity index (χ4n) is 3.42. The Morgan fingerprint density at radius 1 is 1.30 bits per heavy atom. The highest BCUT2D eigenvalue weighted by Gasteiger charge is 2.34. The molecule has 7 nitrogen and oxygen atoms in total. The van der Waals surface area contributed by atoms with Gasteiger partial charge in [0.15, 0.2) is 0 Å². The van der Waals surface area contributed by atoms with Crippen LogP contribution in [0.1, 0.15) is 53.1 Å². The van der Waals surface area contributed by atoms with E-state index in [1.54, 1.807) is 12.4 Å². The average Bonchev–Trinajstić information content (AvgIpc) is 3.29. The largest absolute Gasteiger partial charge is 0.416 e. The summed E-state index contributed by atoms with van der Waals surface area (Å²) in [5.41, 5.74) is 0.598. The molecule has 0 aliphatic heterocycles. The van der Waals surface area contributed by atoms with Crippen LogP contribution in [0.25, 0.3) is 5.69 Å². The van der Waals surface area contributed by atoms with Crippen molar-refractivity contribution in [2.75, 3.05) is 6.54 Å². The summed E-state index contributed by atoms with van der Waals surface area (Å²) in [5, 5.41) is 15.0. The predicted octanol–water partition coefficient (Wildman–Crippen LogP) is 3.35. The van der Waals surface area contributed by atoms with Gasteiger partial charge in [0.2, 0.25) is 0 Å². The molecule has 0 unspecified atom stereocenters. The maximum Gasteiger partial charge on any atom is 0.416 e. The van der Waals surface area contributed by atoms with Gasteiger partial charge in [0.1, 0.15) is 12.2 Å². The minimum Gasteiger partial charge on any atom is -0.351 e. The van der Waals surface area contributed by atoms with Crippen LogP contribution in [0.3, 0.4) is 0 Å². The van der Waals surface area contributed by atoms with Crippen LogP contribution in [-0.4, -0.2) is 37.0 Å². The number of alkyl halides is 3. The van der Waals surface area contributed by atoms with Crippen molar-refractivity contribution in [3.8, 4) is 5.69 Å². The van der Waals surface area contributed by atoms with Gasteiger partial charge < -0.3 is 9.88 Å². The zero-order valence-corrected chi connectivity index (χ0v) is 16.4. The Kier molecular flexibility index (Phi) is 5.31. The Morgan fingerprint density at radius 2 is 2.10 bits per heavy atom. The molecule has 1 amide bonds. The van der Waals surface area contributed by atoms with Gasteiger partial charge in [0.25, 0.3) is 5.91 Å². The molecule has 3 aromatic rings. The topological polar surface area (TPSA) is 77.6 Å². The first kappa shape index (κ1) is 20.1. The lowest BCUT2D eigenvalue weighted by molar-refractivity contribution is -0.137. The van der Waals surface area contributed by atoms with Crippen molar-refractivity contribution in [2.45, 2.75) is 44.8 Å². The lowest BCUT2D eigenvalue weighted by Gasteiger charge is -2.12. The summed E-state index contributed by atoms with van der Waals surface area (Å²) in [5.74, 6) is 0.601. The lowest BCUT2D eigenvalue weighted by atomic mass is 10.1. The molecule has 1 aliphatic carbocycles. The summed E-state index contributed by atoms with van der Waals surface area (Å²) in [4.78, 5) is 12.8. The summed E-state index contributed by atoms with van der Waals surface area (Å²) >= 11 is 0. The first-order valence-electron chi connectivity index (χ1n) is 9.79. The summed E-state index contributed by atoms with van der Waals surface area (Å²) in [7, 11) is 0. The molecule has 1 saturated carbocycles. The number of hydrogen-bond donors (Lipinski definition) is 1. The Hall–Kier alpha value is -3.17. The van der Waals surface area contributed by atoms with Gasteiger partial charge in [-0.25, -0.2) is 4.68 Å². The number of hydrogen-bond acceptors (Lipinski definition) is 4. The van der Waals surface area contributed by atoms with Gasteiger partial charge >= 0.3 is 6.18 Å². The third kappa shape index (κ3) is 4.07. The Bertz CT molecular complexity index is 1050. The Balaban J connectivity index is 1.54. The van der Waals surface area contributed by atoms with E-state index in [1.807, 2.05) is 11.5 Å². The summed E-state index contributed by atoms with van der Waals surface area (Å²) in [6, 6.07) is 4.98. The number of carbonyl (C=O) groups excluding carboxylic acids is 1. The van der Waals surface area contributed by atoms with Gasteiger partial charge in [-0.3, -0.25) is 4.79 Å². The standard InChI is InChI=1S/C20H21F3N6O/c1-2-28-12-25-27-17(28)8-9-24-19(30)16-11-26-29(18(16)13-6-7-13)15-5-3-4-14(10-15)20(21,22)23/h3-5,10-13H,2,6-9H2,1H3,(H,24,30). The van der Waals surface area contributed by atoms with Crippen LogP contribution in [-0.2, 0) is 19.1 Å². The second-order valence-electron chi connectivity index (χ2n) is 7.22. The molecule has 1 aromatic carbocycles. The minimum atomic E-state index is -4.44. The minimum absolute atomic E-state index is 0.117. The number of rotatable bonds is 7. The normalized spacial score (nSPS) is 14.1. The molecule has 0 atom stereocenters. The highest BCUT2D eigenvalue weighted by molar-refractivity contribution is 5.95. The zero-order valence-electron chi connectivity index (χ0n) is 16.4. The second-order valence-corrected chi connectivity index (χ2v) is 7.22. The molecule has 30 heavy (non-hydrogen) atoms. The molecular formula is C20H21F3N6O. The van der Waals surface area contributed by atoms with Gasteiger partial charge in [0.05, 0.1) is 28.7 Å². The fourth-order valence-corrected chi connectivity index (χ4v) is 3.42. The molecule has 4 rings (SSSR count). The third-order valence-electron chi connectivity index (χ3n) is 5.10. The quantitative estimate of drug-likeness (QED) is 0.638. The molecule has 158 valence electrons. The first-order chi connectivity index (χ1) is 14.4. The van der Waals surface area contributed by atoms with Crippen LogP contribution >= 0.6 is 0 Å². The van der Waals surface area contributed by atoms with Crippen LogP contribution in [0.2, 0.25) is 0 Å². The Morgan fingerprint density at radius 3 is 2.80 bits per heavy atom. The van der Waals surface area contributed by atoms with E-state index >= 15 is 0 Å². The van der Waals surface area contributed by atoms with Crippen molar-refractivity contribution in [2.24, 2.45) is 0 Å². The fraction of sp³-hybridized carbons (Fsp3) is 0.400. The maximum atomic E-state index is 13.1. The predicted molar refractivity (Wildman–Crippen MR) is 102 cm³/mol. The van der Waals surface area contributed by atoms with E-state index in [9.17, 15) is 18.0 Å². The molecule has 2 heterocycles. The van der Waals surface area contributed by atoms with E-state index in [0.29, 0.717) is 29.9 Å². The smallest absolute Gasteiger partial charge is 0.351 e. The first-order valence-corrected chi connectivity index (χ1v) is 9.79. The van der Waals surface area contributed by atoms with E-state index in [4.69, 9.17) is 0 Å². The second kappa shape index (κ2) is 7.92. The molecule has 1 fully saturated rings. The molecule has 1 N–H and O–H groups in total. The van der Waals surface area contributed by atoms with Crippen molar-refractivity contribution >= 4 is 5.91 Å². The van der Waals surface area contributed by atoms with Crippen molar-refractivity contribution < 1.29 is 18.0 Å². The van der Waals surface area contributed by atoms with E-state index in [-0.39, 0.29) is 11.8 Å². The average molecular weight is 418 g/mol. The highest BCUT2D eigenvalue weighted by atomic mass is 19.4. The maximum absolute atomic E-state index is 13.1. The molecule has 0 saturated heterocycles. The van der Waals surface area contributed by atoms with Crippen LogP contribution < -0.4 is 5.32 Å². The Labute approximate surface area is 170 Å². The van der Waals surface area contributed by atoms with Gasteiger partial charge in [-0.15, -0.1) is 10.2 Å². The molecule has 1 aliphatic rings. The monoisotopic (exact) mass is 418 g/mol. The van der Waals surface area contributed by atoms with Gasteiger partial charge in [-0.1, -0.05) is 6.07 Å². The number of aryl methyl sites for hydroxylation is 1. The molecular weight excluding hydrogens is 397 g/mol. The lowest BCUT2D eigenvalue weighted by Crippen LogP contribution is -2.27. The summed E-state index contributed by atoms with van der Waals surface area (Å²) < 4.78 is 42.6. The van der Waals surface area contributed by atoms with E-state index in [0.717, 1.165) is 37.3 Å². The molecule has 0 bridgehead atoms. The van der Waals surface area contributed by atoms with Crippen molar-refractivity contribution in [3.63, 3.8) is 0 Å². The number of halogens is 3. The summed E-state index contributed by atoms with van der Waals surface area (Å²) in [6.45, 7) is 3.10. The van der Waals surface area contributed by atoms with Crippen molar-refractivity contribution in [1.29, 1.82) is 0 Å². The number of nitrogens with zero attached hydrogens (tertiary/aromatic N) is 5. The zero-order chi connectivity index (χ0) is 21.3. The van der Waals surface area contributed by atoms with Crippen LogP contribution in [0.5, 0.6) is 0 Å². The van der Waals surface area contributed by atoms with Crippen LogP contribution in [0.4, 0.5) is 13.2 Å². The van der Waals surface area contributed by atoms with Gasteiger partial charge in [-0.2, -0.15) is 18.3 Å². The number of carbonyl (C=O) groups is 1. The van der Waals surface area contributed by atoms with Crippen LogP contribution in [0, 0.1) is 0 Å². The summed E-state index contributed by atoms with van der Waals surface area (Å²) in [6.07, 6.45) is 0.913. The number of aromatic nitrogens is 5. The molecule has 2 aromatic heterocycles. The highest BCUT2D eigenvalue weighted by Crippen LogP contribution is 2.42. The van der Waals surface area contributed by atoms with Gasteiger partial charge in [0, 0.05) is 25.4 Å². The number of nitrogens with one attached hydrogen (secondary N) is 1. The molecule has 0 spiro atoms. The molecule has 0 radical (unpaired) electrons. The van der Waals surface area contributed by atoms with E-state index < -0.39 is 11.7 Å². The van der Waals surface area contributed by atoms with Gasteiger partial charge in [-0.05, 0) is 38.0 Å². The SMILES string of the molecule is CCn1cnnc1CCNC(=O)c1cnn(-c2cccc(C(F)(F)F)c2)c1C1CC1. The van der Waals surface area contributed by atoms with E-state index in [1.165, 1.54) is 16.9 Å².